The molecule has 0 aliphatic heterocycles. The number of hydrogen-bond acceptors (Lipinski definition) is 2. The van der Waals surface area contributed by atoms with Gasteiger partial charge in [-0.1, -0.05) is 6.92 Å². The lowest BCUT2D eigenvalue weighted by molar-refractivity contribution is -0.137. The zero-order valence-corrected chi connectivity index (χ0v) is 7.95. The molecule has 3 nitrogen and oxygen atoms in total. The predicted molar refractivity (Wildman–Crippen MR) is 48.4 cm³/mol. The number of carboxylic acid groups (broad SMARTS) is 1. The third-order valence-corrected chi connectivity index (χ3v) is 2.91. The van der Waals surface area contributed by atoms with Crippen LogP contribution in [0.25, 0.3) is 0 Å². The molecule has 3 heteroatoms. The smallest absolute Gasteiger partial charge is 0.303 e. The molecule has 1 aliphatic rings. The van der Waals surface area contributed by atoms with E-state index in [0.717, 1.165) is 12.8 Å². The molecule has 0 amide bonds. The summed E-state index contributed by atoms with van der Waals surface area (Å²) >= 11 is 0. The Morgan fingerprint density at radius 1 is 1.62 bits per heavy atom. The van der Waals surface area contributed by atoms with Crippen molar-refractivity contribution in [2.24, 2.45) is 11.8 Å². The molecule has 1 N–H and O–H groups in total. The van der Waals surface area contributed by atoms with E-state index in [4.69, 9.17) is 5.11 Å². The summed E-state index contributed by atoms with van der Waals surface area (Å²) in [5.41, 5.74) is 0. The standard InChI is InChI=1S/C10H16O3/c1-2-8-7(3-5-9(8)11)4-6-10(12)13/h7-8H,2-6H2,1H3,(H,12,13)/t7-,8-/m0/s1. The van der Waals surface area contributed by atoms with Crippen LogP contribution in [0.1, 0.15) is 39.0 Å². The minimum atomic E-state index is -0.755. The molecule has 0 heterocycles. The Morgan fingerprint density at radius 2 is 2.31 bits per heavy atom. The first kappa shape index (κ1) is 10.2. The molecule has 0 saturated heterocycles. The predicted octanol–water partition coefficient (Wildman–Crippen LogP) is 1.86. The van der Waals surface area contributed by atoms with Crippen LogP contribution in [0.3, 0.4) is 0 Å². The minimum Gasteiger partial charge on any atom is -0.481 e. The molecule has 1 rings (SSSR count). The van der Waals surface area contributed by atoms with Gasteiger partial charge in [-0.25, -0.2) is 0 Å². The quantitative estimate of drug-likeness (QED) is 0.725. The highest BCUT2D eigenvalue weighted by Gasteiger charge is 2.32. The van der Waals surface area contributed by atoms with Gasteiger partial charge in [-0.15, -0.1) is 0 Å². The van der Waals surface area contributed by atoms with E-state index in [2.05, 4.69) is 0 Å². The van der Waals surface area contributed by atoms with E-state index in [-0.39, 0.29) is 12.3 Å². The molecule has 0 aromatic carbocycles. The summed E-state index contributed by atoms with van der Waals surface area (Å²) in [7, 11) is 0. The maximum Gasteiger partial charge on any atom is 0.303 e. The number of carbonyl (C=O) groups is 2. The molecule has 1 aliphatic carbocycles. The normalized spacial score (nSPS) is 27.9. The van der Waals surface area contributed by atoms with Crippen LogP contribution in [0.4, 0.5) is 0 Å². The highest BCUT2D eigenvalue weighted by atomic mass is 16.4. The van der Waals surface area contributed by atoms with Gasteiger partial charge in [-0.3, -0.25) is 9.59 Å². The Hall–Kier alpha value is -0.860. The van der Waals surface area contributed by atoms with E-state index in [0.29, 0.717) is 24.5 Å². The number of Topliss-reactive ketones (excluding diaryl/α,β-unsaturated/α-hetero) is 1. The lowest BCUT2D eigenvalue weighted by Gasteiger charge is -2.14. The van der Waals surface area contributed by atoms with Crippen LogP contribution in [0.15, 0.2) is 0 Å². The van der Waals surface area contributed by atoms with Gasteiger partial charge in [0.15, 0.2) is 0 Å². The van der Waals surface area contributed by atoms with Crippen molar-refractivity contribution in [3.05, 3.63) is 0 Å². The van der Waals surface area contributed by atoms with Crippen LogP contribution in [-0.2, 0) is 9.59 Å². The maximum atomic E-state index is 11.3. The summed E-state index contributed by atoms with van der Waals surface area (Å²) in [4.78, 5) is 21.7. The Kier molecular flexibility index (Phi) is 3.46. The van der Waals surface area contributed by atoms with Gasteiger partial charge < -0.3 is 5.11 Å². The molecule has 1 fully saturated rings. The van der Waals surface area contributed by atoms with Crippen molar-refractivity contribution < 1.29 is 14.7 Å². The monoisotopic (exact) mass is 184 g/mol. The molecule has 2 atom stereocenters. The van der Waals surface area contributed by atoms with Crippen LogP contribution < -0.4 is 0 Å². The first-order chi connectivity index (χ1) is 6.15. The van der Waals surface area contributed by atoms with Crippen molar-refractivity contribution in [1.82, 2.24) is 0 Å². The SMILES string of the molecule is CC[C@@H]1C(=O)CC[C@H]1CCC(=O)O. The van der Waals surface area contributed by atoms with Crippen molar-refractivity contribution >= 4 is 11.8 Å². The Balaban J connectivity index is 2.41. The molecule has 74 valence electrons. The summed E-state index contributed by atoms with van der Waals surface area (Å²) in [5, 5.41) is 8.51. The highest BCUT2D eigenvalue weighted by molar-refractivity contribution is 5.83. The van der Waals surface area contributed by atoms with Gasteiger partial charge >= 0.3 is 5.97 Å². The van der Waals surface area contributed by atoms with Gasteiger partial charge in [0.1, 0.15) is 5.78 Å². The van der Waals surface area contributed by atoms with Crippen molar-refractivity contribution in [2.45, 2.75) is 39.0 Å². The Morgan fingerprint density at radius 3 is 2.85 bits per heavy atom. The summed E-state index contributed by atoms with van der Waals surface area (Å²) in [6, 6.07) is 0. The number of hydrogen-bond donors (Lipinski definition) is 1. The fourth-order valence-corrected chi connectivity index (χ4v) is 2.19. The zero-order valence-electron chi connectivity index (χ0n) is 7.95. The molecule has 0 unspecified atom stereocenters. The van der Waals surface area contributed by atoms with Crippen LogP contribution in [0, 0.1) is 11.8 Å². The molecule has 0 spiro atoms. The number of rotatable bonds is 4. The average Bonchev–Trinajstić information content (AvgIpc) is 2.42. The number of carboxylic acids is 1. The van der Waals surface area contributed by atoms with Crippen molar-refractivity contribution in [3.8, 4) is 0 Å². The number of ketones is 1. The molecule has 0 radical (unpaired) electrons. The fourth-order valence-electron chi connectivity index (χ4n) is 2.19. The van der Waals surface area contributed by atoms with E-state index in [1.165, 1.54) is 0 Å². The topological polar surface area (TPSA) is 54.4 Å². The Bertz CT molecular complexity index is 210. The molecular weight excluding hydrogens is 168 g/mol. The number of carbonyl (C=O) groups excluding carboxylic acids is 1. The highest BCUT2D eigenvalue weighted by Crippen LogP contribution is 2.34. The van der Waals surface area contributed by atoms with Gasteiger partial charge in [0.25, 0.3) is 0 Å². The molecule has 0 aromatic heterocycles. The van der Waals surface area contributed by atoms with Crippen LogP contribution in [0.2, 0.25) is 0 Å². The molecule has 0 aromatic rings. The molecular formula is C10H16O3. The average molecular weight is 184 g/mol. The molecule has 13 heavy (non-hydrogen) atoms. The van der Waals surface area contributed by atoms with Crippen LogP contribution in [0.5, 0.6) is 0 Å². The van der Waals surface area contributed by atoms with Gasteiger partial charge in [-0.2, -0.15) is 0 Å². The summed E-state index contributed by atoms with van der Waals surface area (Å²) in [5.74, 6) is 0.0417. The van der Waals surface area contributed by atoms with E-state index < -0.39 is 5.97 Å². The van der Waals surface area contributed by atoms with E-state index in [1.807, 2.05) is 6.92 Å². The lowest BCUT2D eigenvalue weighted by Crippen LogP contribution is -2.14. The zero-order chi connectivity index (χ0) is 9.84. The fraction of sp³-hybridized carbons (Fsp3) is 0.800. The number of aliphatic carboxylic acids is 1. The summed E-state index contributed by atoms with van der Waals surface area (Å²) in [6.45, 7) is 2.00. The van der Waals surface area contributed by atoms with Crippen LogP contribution in [-0.4, -0.2) is 16.9 Å². The van der Waals surface area contributed by atoms with Crippen molar-refractivity contribution in [1.29, 1.82) is 0 Å². The largest absolute Gasteiger partial charge is 0.481 e. The van der Waals surface area contributed by atoms with Gasteiger partial charge in [0.2, 0.25) is 0 Å². The maximum absolute atomic E-state index is 11.3. The van der Waals surface area contributed by atoms with Gasteiger partial charge in [0, 0.05) is 18.8 Å². The van der Waals surface area contributed by atoms with E-state index in [9.17, 15) is 9.59 Å². The second-order valence-electron chi connectivity index (χ2n) is 3.71. The Labute approximate surface area is 78.1 Å². The van der Waals surface area contributed by atoms with Gasteiger partial charge in [0.05, 0.1) is 0 Å². The third-order valence-electron chi connectivity index (χ3n) is 2.91. The second kappa shape index (κ2) is 4.40. The van der Waals surface area contributed by atoms with E-state index >= 15 is 0 Å². The van der Waals surface area contributed by atoms with Gasteiger partial charge in [-0.05, 0) is 25.2 Å². The second-order valence-corrected chi connectivity index (χ2v) is 3.71. The van der Waals surface area contributed by atoms with Crippen molar-refractivity contribution in [3.63, 3.8) is 0 Å². The lowest BCUT2D eigenvalue weighted by atomic mass is 9.89. The first-order valence-electron chi connectivity index (χ1n) is 4.89. The van der Waals surface area contributed by atoms with E-state index in [1.54, 1.807) is 0 Å². The first-order valence-corrected chi connectivity index (χ1v) is 4.89. The molecule has 0 bridgehead atoms. The van der Waals surface area contributed by atoms with Crippen LogP contribution >= 0.6 is 0 Å². The minimum absolute atomic E-state index is 0.138. The summed E-state index contributed by atoms with van der Waals surface area (Å²) in [6.07, 6.45) is 3.28. The third kappa shape index (κ3) is 2.54. The van der Waals surface area contributed by atoms with Crippen molar-refractivity contribution in [2.75, 3.05) is 0 Å². The molecule has 1 saturated carbocycles. The summed E-state index contributed by atoms with van der Waals surface area (Å²) < 4.78 is 0.